The highest BCUT2D eigenvalue weighted by molar-refractivity contribution is 7.07. The Morgan fingerprint density at radius 2 is 2.10 bits per heavy atom. The fraction of sp³-hybridized carbons (Fsp3) is 0.375. The smallest absolute Gasteiger partial charge is 0.179 e. The van der Waals surface area contributed by atoms with Crippen molar-refractivity contribution in [3.8, 4) is 11.5 Å². The van der Waals surface area contributed by atoms with Gasteiger partial charge in [-0.05, 0) is 53.1 Å². The first kappa shape index (κ1) is 16.1. The molecule has 0 aliphatic heterocycles. The van der Waals surface area contributed by atoms with E-state index in [0.717, 1.165) is 18.5 Å². The van der Waals surface area contributed by atoms with Crippen molar-refractivity contribution in [3.05, 3.63) is 45.1 Å². The van der Waals surface area contributed by atoms with Crippen LogP contribution in [-0.2, 0) is 6.42 Å². The van der Waals surface area contributed by atoms with Crippen molar-refractivity contribution >= 4 is 22.9 Å². The molecule has 1 unspecified atom stereocenters. The molecular formula is C16H20ClNO2S. The third-order valence-corrected chi connectivity index (χ3v) is 4.34. The summed E-state index contributed by atoms with van der Waals surface area (Å²) >= 11 is 8.02. The van der Waals surface area contributed by atoms with E-state index in [1.165, 1.54) is 5.56 Å². The van der Waals surface area contributed by atoms with Crippen LogP contribution >= 0.6 is 22.9 Å². The minimum Gasteiger partial charge on any atom is -0.493 e. The number of likely N-dealkylation sites (N-methyl/N-ethyl adjacent to an activating group) is 1. The Balaban J connectivity index is 2.33. The molecule has 2 aromatic rings. The van der Waals surface area contributed by atoms with Gasteiger partial charge in [0, 0.05) is 6.04 Å². The second-order valence-corrected chi connectivity index (χ2v) is 5.87. The maximum atomic E-state index is 6.31. The van der Waals surface area contributed by atoms with Gasteiger partial charge in [-0.15, -0.1) is 0 Å². The molecule has 0 spiro atoms. The number of nitrogens with one attached hydrogen (secondary N) is 1. The largest absolute Gasteiger partial charge is 0.493 e. The second kappa shape index (κ2) is 7.69. The van der Waals surface area contributed by atoms with E-state index in [0.29, 0.717) is 16.5 Å². The van der Waals surface area contributed by atoms with Crippen LogP contribution in [0.2, 0.25) is 5.02 Å². The third kappa shape index (κ3) is 3.90. The molecule has 1 N–H and O–H groups in total. The Hall–Kier alpha value is -1.23. The molecule has 0 amide bonds. The van der Waals surface area contributed by atoms with Crippen molar-refractivity contribution in [3.63, 3.8) is 0 Å². The van der Waals surface area contributed by atoms with E-state index in [2.05, 4.69) is 29.1 Å². The van der Waals surface area contributed by atoms with Crippen LogP contribution in [0.5, 0.6) is 11.5 Å². The first-order valence-corrected chi connectivity index (χ1v) is 8.17. The van der Waals surface area contributed by atoms with Gasteiger partial charge >= 0.3 is 0 Å². The topological polar surface area (TPSA) is 30.5 Å². The van der Waals surface area contributed by atoms with Crippen LogP contribution in [-0.4, -0.2) is 20.8 Å². The van der Waals surface area contributed by atoms with Gasteiger partial charge in [0.2, 0.25) is 0 Å². The second-order valence-electron chi connectivity index (χ2n) is 4.68. The summed E-state index contributed by atoms with van der Waals surface area (Å²) in [6, 6.07) is 6.28. The molecular weight excluding hydrogens is 306 g/mol. The molecule has 1 aromatic heterocycles. The molecule has 1 atom stereocenters. The minimum atomic E-state index is 0.196. The number of ether oxygens (including phenoxy) is 2. The molecule has 0 bridgehead atoms. The average molecular weight is 326 g/mol. The lowest BCUT2D eigenvalue weighted by molar-refractivity contribution is 0.354. The standard InChI is InChI=1S/C16H20ClNO2S/c1-4-18-14(7-11-5-6-21-10-11)12-8-13(17)16(20-3)15(9-12)19-2/h5-6,8-10,14,18H,4,7H2,1-3H3. The fourth-order valence-electron chi connectivity index (χ4n) is 2.34. The number of hydrogen-bond acceptors (Lipinski definition) is 4. The minimum absolute atomic E-state index is 0.196. The number of benzene rings is 1. The normalized spacial score (nSPS) is 12.2. The summed E-state index contributed by atoms with van der Waals surface area (Å²) in [5.74, 6) is 1.24. The lowest BCUT2D eigenvalue weighted by Gasteiger charge is -2.20. The van der Waals surface area contributed by atoms with E-state index in [1.807, 2.05) is 12.1 Å². The molecule has 2 rings (SSSR count). The van der Waals surface area contributed by atoms with Crippen molar-refractivity contribution in [2.24, 2.45) is 0 Å². The van der Waals surface area contributed by atoms with Gasteiger partial charge in [-0.1, -0.05) is 18.5 Å². The summed E-state index contributed by atoms with van der Waals surface area (Å²) in [5.41, 5.74) is 2.42. The molecule has 0 aliphatic carbocycles. The van der Waals surface area contributed by atoms with E-state index in [9.17, 15) is 0 Å². The van der Waals surface area contributed by atoms with Gasteiger partial charge in [0.25, 0.3) is 0 Å². The van der Waals surface area contributed by atoms with Crippen molar-refractivity contribution in [1.82, 2.24) is 5.32 Å². The van der Waals surface area contributed by atoms with Gasteiger partial charge in [0.15, 0.2) is 11.5 Å². The Labute approximate surface area is 134 Å². The molecule has 0 aliphatic rings. The lowest BCUT2D eigenvalue weighted by atomic mass is 10.00. The molecule has 114 valence electrons. The van der Waals surface area contributed by atoms with E-state index < -0.39 is 0 Å². The van der Waals surface area contributed by atoms with Crippen LogP contribution in [0.25, 0.3) is 0 Å². The van der Waals surface area contributed by atoms with E-state index >= 15 is 0 Å². The highest BCUT2D eigenvalue weighted by Gasteiger charge is 2.17. The van der Waals surface area contributed by atoms with E-state index in [-0.39, 0.29) is 6.04 Å². The van der Waals surface area contributed by atoms with Crippen molar-refractivity contribution in [2.75, 3.05) is 20.8 Å². The van der Waals surface area contributed by atoms with Crippen LogP contribution in [0, 0.1) is 0 Å². The fourth-order valence-corrected chi connectivity index (χ4v) is 3.32. The van der Waals surface area contributed by atoms with Crippen molar-refractivity contribution < 1.29 is 9.47 Å². The lowest BCUT2D eigenvalue weighted by Crippen LogP contribution is -2.23. The van der Waals surface area contributed by atoms with Crippen LogP contribution in [0.15, 0.2) is 29.0 Å². The predicted molar refractivity (Wildman–Crippen MR) is 89.0 cm³/mol. The van der Waals surface area contributed by atoms with Crippen LogP contribution in [0.3, 0.4) is 0 Å². The molecule has 5 heteroatoms. The first-order valence-electron chi connectivity index (χ1n) is 6.85. The van der Waals surface area contributed by atoms with Gasteiger partial charge in [0.1, 0.15) is 0 Å². The van der Waals surface area contributed by atoms with E-state index in [4.69, 9.17) is 21.1 Å². The Bertz CT molecular complexity index is 572. The van der Waals surface area contributed by atoms with Gasteiger partial charge in [-0.25, -0.2) is 0 Å². The molecule has 0 saturated carbocycles. The van der Waals surface area contributed by atoms with Crippen LogP contribution in [0.1, 0.15) is 24.1 Å². The highest BCUT2D eigenvalue weighted by atomic mass is 35.5. The summed E-state index contributed by atoms with van der Waals surface area (Å²) in [4.78, 5) is 0. The summed E-state index contributed by atoms with van der Waals surface area (Å²) in [6.07, 6.45) is 0.920. The molecule has 1 aromatic carbocycles. The molecule has 0 radical (unpaired) electrons. The van der Waals surface area contributed by atoms with E-state index in [1.54, 1.807) is 25.6 Å². The summed E-state index contributed by atoms with van der Waals surface area (Å²) < 4.78 is 10.7. The zero-order valence-electron chi connectivity index (χ0n) is 12.5. The molecule has 0 saturated heterocycles. The Morgan fingerprint density at radius 3 is 2.67 bits per heavy atom. The number of methoxy groups -OCH3 is 2. The van der Waals surface area contributed by atoms with Crippen molar-refractivity contribution in [2.45, 2.75) is 19.4 Å². The van der Waals surface area contributed by atoms with Crippen molar-refractivity contribution in [1.29, 1.82) is 0 Å². The molecule has 3 nitrogen and oxygen atoms in total. The number of hydrogen-bond donors (Lipinski definition) is 1. The average Bonchev–Trinajstić information content (AvgIpc) is 2.99. The SMILES string of the molecule is CCNC(Cc1ccsc1)c1cc(Cl)c(OC)c(OC)c1. The Morgan fingerprint density at radius 1 is 1.29 bits per heavy atom. The van der Waals surface area contributed by atoms with Gasteiger partial charge < -0.3 is 14.8 Å². The summed E-state index contributed by atoms with van der Waals surface area (Å²) in [7, 11) is 3.22. The number of halogens is 1. The number of thiophene rings is 1. The van der Waals surface area contributed by atoms with Crippen LogP contribution in [0.4, 0.5) is 0 Å². The zero-order valence-corrected chi connectivity index (χ0v) is 14.1. The molecule has 21 heavy (non-hydrogen) atoms. The number of rotatable bonds is 7. The monoisotopic (exact) mass is 325 g/mol. The molecule has 0 fully saturated rings. The van der Waals surface area contributed by atoms with Gasteiger partial charge in [-0.3, -0.25) is 0 Å². The first-order chi connectivity index (χ1) is 10.2. The van der Waals surface area contributed by atoms with Gasteiger partial charge in [0.05, 0.1) is 19.2 Å². The Kier molecular flexibility index (Phi) is 5.91. The van der Waals surface area contributed by atoms with Crippen LogP contribution < -0.4 is 14.8 Å². The molecule has 1 heterocycles. The zero-order chi connectivity index (χ0) is 15.2. The summed E-state index contributed by atoms with van der Waals surface area (Å²) in [5, 5.41) is 8.34. The maximum Gasteiger partial charge on any atom is 0.179 e. The quantitative estimate of drug-likeness (QED) is 0.822. The highest BCUT2D eigenvalue weighted by Crippen LogP contribution is 2.38. The maximum absolute atomic E-state index is 6.31. The third-order valence-electron chi connectivity index (χ3n) is 3.33. The summed E-state index contributed by atoms with van der Waals surface area (Å²) in [6.45, 7) is 2.99. The predicted octanol–water partition coefficient (Wildman–Crippen LogP) is 4.31. The van der Waals surface area contributed by atoms with Gasteiger partial charge in [-0.2, -0.15) is 11.3 Å².